The van der Waals surface area contributed by atoms with E-state index in [0.29, 0.717) is 11.7 Å². The number of hydrogen-bond acceptors (Lipinski definition) is 8. The number of fused-ring (bicyclic) bond motifs is 1. The van der Waals surface area contributed by atoms with E-state index in [0.717, 1.165) is 20.3 Å². The van der Waals surface area contributed by atoms with Crippen molar-refractivity contribution in [2.45, 2.75) is 11.3 Å². The monoisotopic (exact) mass is 352 g/mol. The predicted molar refractivity (Wildman–Crippen MR) is 90.1 cm³/mol. The van der Waals surface area contributed by atoms with Crippen molar-refractivity contribution in [3.63, 3.8) is 0 Å². The van der Waals surface area contributed by atoms with E-state index < -0.39 is 0 Å². The van der Waals surface area contributed by atoms with Gasteiger partial charge in [0, 0.05) is 0 Å². The van der Waals surface area contributed by atoms with Gasteiger partial charge >= 0.3 is 0 Å². The Morgan fingerprint density at radius 2 is 2.36 bits per heavy atom. The van der Waals surface area contributed by atoms with E-state index in [1.54, 1.807) is 5.51 Å². The zero-order valence-corrected chi connectivity index (χ0v) is 14.1. The third-order valence-corrected chi connectivity index (χ3v) is 5.38. The summed E-state index contributed by atoms with van der Waals surface area (Å²) in [6.45, 7) is 2.56. The fourth-order valence-electron chi connectivity index (χ4n) is 1.72. The molecule has 3 rings (SSSR count). The number of nitrogens with one attached hydrogen (secondary N) is 1. The largest absolute Gasteiger partial charge is 0.494 e. The zero-order valence-electron chi connectivity index (χ0n) is 11.6. The van der Waals surface area contributed by atoms with Crippen LogP contribution in [0.1, 0.15) is 6.92 Å². The molecule has 2 aromatic heterocycles. The van der Waals surface area contributed by atoms with E-state index >= 15 is 0 Å². The van der Waals surface area contributed by atoms with Crippen molar-refractivity contribution < 1.29 is 9.53 Å². The Bertz CT molecular complexity index is 773. The summed E-state index contributed by atoms with van der Waals surface area (Å²) in [5.74, 6) is 0.989. The zero-order chi connectivity index (χ0) is 15.4. The van der Waals surface area contributed by atoms with Gasteiger partial charge in [-0.2, -0.15) is 0 Å². The van der Waals surface area contributed by atoms with Crippen LogP contribution in [0.25, 0.3) is 10.2 Å². The minimum Gasteiger partial charge on any atom is -0.494 e. The highest BCUT2D eigenvalue weighted by atomic mass is 32.2. The van der Waals surface area contributed by atoms with Gasteiger partial charge in [-0.25, -0.2) is 4.98 Å². The van der Waals surface area contributed by atoms with Gasteiger partial charge in [-0.15, -0.1) is 10.2 Å². The molecule has 1 aromatic carbocycles. The van der Waals surface area contributed by atoms with Crippen LogP contribution in [-0.2, 0) is 4.79 Å². The highest BCUT2D eigenvalue weighted by Crippen LogP contribution is 2.29. The molecule has 2 heterocycles. The van der Waals surface area contributed by atoms with Gasteiger partial charge in [0.25, 0.3) is 0 Å². The van der Waals surface area contributed by atoms with E-state index in [9.17, 15) is 4.79 Å². The SMILES string of the molecule is CCOc1ccc2nc(NC(=O)CSc3nncs3)sc2c1. The van der Waals surface area contributed by atoms with Crippen LogP contribution in [0.2, 0.25) is 0 Å². The molecule has 0 saturated heterocycles. The first-order chi connectivity index (χ1) is 10.7. The molecule has 0 unspecified atom stereocenters. The quantitative estimate of drug-likeness (QED) is 0.686. The fraction of sp³-hybridized carbons (Fsp3) is 0.231. The second-order valence-corrected chi connectivity index (χ2v) is 7.21. The minimum atomic E-state index is -0.107. The van der Waals surface area contributed by atoms with Crippen molar-refractivity contribution in [2.24, 2.45) is 0 Å². The number of carbonyl (C=O) groups is 1. The Hall–Kier alpha value is -1.71. The molecule has 22 heavy (non-hydrogen) atoms. The van der Waals surface area contributed by atoms with Crippen LogP contribution in [0.15, 0.2) is 28.0 Å². The second kappa shape index (κ2) is 7.03. The molecule has 9 heteroatoms. The van der Waals surface area contributed by atoms with Crippen LogP contribution in [0, 0.1) is 0 Å². The maximum absolute atomic E-state index is 11.9. The molecule has 0 aliphatic carbocycles. The molecule has 0 atom stereocenters. The number of nitrogens with zero attached hydrogens (tertiary/aromatic N) is 3. The van der Waals surface area contributed by atoms with Crippen molar-refractivity contribution >= 4 is 55.7 Å². The smallest absolute Gasteiger partial charge is 0.236 e. The number of carbonyl (C=O) groups excluding carboxylic acids is 1. The minimum absolute atomic E-state index is 0.107. The van der Waals surface area contributed by atoms with Gasteiger partial charge in [-0.05, 0) is 25.1 Å². The first-order valence-electron chi connectivity index (χ1n) is 6.47. The van der Waals surface area contributed by atoms with Gasteiger partial charge < -0.3 is 10.1 Å². The molecular formula is C13H12N4O2S3. The summed E-state index contributed by atoms with van der Waals surface area (Å²) < 4.78 is 7.22. The number of hydrogen-bond donors (Lipinski definition) is 1. The number of anilines is 1. The topological polar surface area (TPSA) is 77.0 Å². The van der Waals surface area contributed by atoms with Crippen molar-refractivity contribution in [2.75, 3.05) is 17.7 Å². The summed E-state index contributed by atoms with van der Waals surface area (Å²) in [4.78, 5) is 16.3. The van der Waals surface area contributed by atoms with E-state index in [4.69, 9.17) is 4.74 Å². The number of aromatic nitrogens is 3. The standard InChI is InChI=1S/C13H12N4O2S3/c1-2-19-8-3-4-9-10(5-8)22-12(15-9)16-11(18)6-20-13-17-14-7-21-13/h3-5,7H,2,6H2,1H3,(H,15,16,18). The summed E-state index contributed by atoms with van der Waals surface area (Å²) in [6, 6.07) is 5.70. The van der Waals surface area contributed by atoms with Crippen LogP contribution in [0.4, 0.5) is 5.13 Å². The van der Waals surface area contributed by atoms with Gasteiger partial charge in [0.1, 0.15) is 11.3 Å². The second-order valence-electron chi connectivity index (χ2n) is 4.12. The molecule has 0 radical (unpaired) electrons. The van der Waals surface area contributed by atoms with Crippen LogP contribution < -0.4 is 10.1 Å². The predicted octanol–water partition coefficient (Wildman–Crippen LogP) is 3.28. The summed E-state index contributed by atoms with van der Waals surface area (Å²) in [6.07, 6.45) is 0. The average molecular weight is 352 g/mol. The van der Waals surface area contributed by atoms with Gasteiger partial charge in [0.05, 0.1) is 22.6 Å². The van der Waals surface area contributed by atoms with Crippen molar-refractivity contribution in [3.8, 4) is 5.75 Å². The lowest BCUT2D eigenvalue weighted by Gasteiger charge is -2.00. The number of ether oxygens (including phenoxy) is 1. The first kappa shape index (κ1) is 15.2. The van der Waals surface area contributed by atoms with Gasteiger partial charge in [-0.3, -0.25) is 4.79 Å². The molecule has 0 aliphatic heterocycles. The lowest BCUT2D eigenvalue weighted by molar-refractivity contribution is -0.113. The van der Waals surface area contributed by atoms with E-state index in [1.165, 1.54) is 34.4 Å². The highest BCUT2D eigenvalue weighted by molar-refractivity contribution is 8.01. The van der Waals surface area contributed by atoms with Crippen molar-refractivity contribution in [1.29, 1.82) is 0 Å². The van der Waals surface area contributed by atoms with Gasteiger partial charge in [0.2, 0.25) is 5.91 Å². The Labute approximate surface area is 138 Å². The first-order valence-corrected chi connectivity index (χ1v) is 9.15. The van der Waals surface area contributed by atoms with E-state index in [1.807, 2.05) is 25.1 Å². The molecule has 0 spiro atoms. The lowest BCUT2D eigenvalue weighted by Crippen LogP contribution is -2.13. The normalized spacial score (nSPS) is 10.8. The highest BCUT2D eigenvalue weighted by Gasteiger charge is 2.10. The molecule has 6 nitrogen and oxygen atoms in total. The Morgan fingerprint density at radius 1 is 1.45 bits per heavy atom. The average Bonchev–Trinajstić information content (AvgIpc) is 3.13. The van der Waals surface area contributed by atoms with Crippen molar-refractivity contribution in [1.82, 2.24) is 15.2 Å². The van der Waals surface area contributed by atoms with Crippen LogP contribution in [0.3, 0.4) is 0 Å². The Kier molecular flexibility index (Phi) is 4.86. The van der Waals surface area contributed by atoms with Crippen LogP contribution in [-0.4, -0.2) is 33.4 Å². The van der Waals surface area contributed by atoms with E-state index in [-0.39, 0.29) is 11.7 Å². The molecule has 0 aliphatic rings. The number of rotatable bonds is 6. The molecule has 1 N–H and O–H groups in total. The van der Waals surface area contributed by atoms with Crippen LogP contribution >= 0.6 is 34.4 Å². The molecule has 1 amide bonds. The number of benzene rings is 1. The maximum Gasteiger partial charge on any atom is 0.236 e. The summed E-state index contributed by atoms with van der Waals surface area (Å²) in [5.41, 5.74) is 2.49. The fourth-order valence-corrected chi connectivity index (χ4v) is 3.92. The Morgan fingerprint density at radius 3 is 3.14 bits per heavy atom. The van der Waals surface area contributed by atoms with E-state index in [2.05, 4.69) is 20.5 Å². The summed E-state index contributed by atoms with van der Waals surface area (Å²) in [5, 5.41) is 11.0. The number of thiazole rings is 1. The molecule has 0 saturated carbocycles. The molecule has 0 fully saturated rings. The molecule has 3 aromatic rings. The maximum atomic E-state index is 11.9. The third kappa shape index (κ3) is 3.73. The lowest BCUT2D eigenvalue weighted by atomic mass is 10.3. The molecular weight excluding hydrogens is 340 g/mol. The molecule has 0 bridgehead atoms. The summed E-state index contributed by atoms with van der Waals surface area (Å²) in [7, 11) is 0. The van der Waals surface area contributed by atoms with Crippen LogP contribution in [0.5, 0.6) is 5.75 Å². The van der Waals surface area contributed by atoms with Gasteiger partial charge in [0.15, 0.2) is 9.47 Å². The summed E-state index contributed by atoms with van der Waals surface area (Å²) >= 11 is 4.21. The molecule has 114 valence electrons. The van der Waals surface area contributed by atoms with Gasteiger partial charge in [-0.1, -0.05) is 34.4 Å². The Balaban J connectivity index is 1.64. The third-order valence-electron chi connectivity index (χ3n) is 2.58. The van der Waals surface area contributed by atoms with Crippen molar-refractivity contribution in [3.05, 3.63) is 23.7 Å². The number of thioether (sulfide) groups is 1. The number of amides is 1.